The van der Waals surface area contributed by atoms with Gasteiger partial charge in [0.2, 0.25) is 5.76 Å². The summed E-state index contributed by atoms with van der Waals surface area (Å²) in [4.78, 5) is 15.5. The Kier molecular flexibility index (Phi) is 5.14. The summed E-state index contributed by atoms with van der Waals surface area (Å²) in [5, 5.41) is 4.09. The van der Waals surface area contributed by atoms with Gasteiger partial charge in [-0.15, -0.1) is 0 Å². The van der Waals surface area contributed by atoms with Crippen molar-refractivity contribution in [3.8, 4) is 11.5 Å². The highest BCUT2D eigenvalue weighted by Gasteiger charge is 2.34. The minimum absolute atomic E-state index is 0.0297. The van der Waals surface area contributed by atoms with Crippen molar-refractivity contribution < 1.29 is 13.7 Å². The normalized spacial score (nSPS) is 19.6. The maximum absolute atomic E-state index is 13.4. The summed E-state index contributed by atoms with van der Waals surface area (Å²) in [6.45, 7) is 1.89. The van der Waals surface area contributed by atoms with Crippen LogP contribution in [0.1, 0.15) is 80.5 Å². The second-order valence-electron chi connectivity index (χ2n) is 7.78. The van der Waals surface area contributed by atoms with E-state index < -0.39 is 0 Å². The molecule has 0 atom stereocenters. The Morgan fingerprint density at radius 1 is 0.962 bits per heavy atom. The minimum Gasteiger partial charge on any atom is -0.458 e. The zero-order chi connectivity index (χ0) is 17.9. The van der Waals surface area contributed by atoms with Gasteiger partial charge in [0.05, 0.1) is 0 Å². The Labute approximate surface area is 154 Å². The van der Waals surface area contributed by atoms with Crippen LogP contribution < -0.4 is 0 Å². The van der Waals surface area contributed by atoms with Crippen LogP contribution in [0.2, 0.25) is 0 Å². The zero-order valence-electron chi connectivity index (χ0n) is 15.6. The van der Waals surface area contributed by atoms with Gasteiger partial charge in [-0.1, -0.05) is 43.7 Å². The molecule has 0 aromatic carbocycles. The smallest absolute Gasteiger partial charge is 0.276 e. The average Bonchev–Trinajstić information content (AvgIpc) is 3.33. The molecule has 0 radical (unpaired) electrons. The van der Waals surface area contributed by atoms with Gasteiger partial charge in [0.1, 0.15) is 5.76 Å². The van der Waals surface area contributed by atoms with Crippen LogP contribution in [-0.4, -0.2) is 28.0 Å². The molecule has 2 aromatic rings. The molecule has 0 unspecified atom stereocenters. The fourth-order valence-corrected chi connectivity index (χ4v) is 4.54. The number of aromatic nitrogens is 1. The lowest BCUT2D eigenvalue weighted by molar-refractivity contribution is 0.0438. The number of hydrogen-bond donors (Lipinski definition) is 0. The van der Waals surface area contributed by atoms with Gasteiger partial charge in [0, 0.05) is 18.2 Å². The van der Waals surface area contributed by atoms with Crippen LogP contribution in [0.4, 0.5) is 0 Å². The highest BCUT2D eigenvalue weighted by atomic mass is 16.5. The molecular formula is C21H28N2O3. The monoisotopic (exact) mass is 356 g/mol. The fourth-order valence-electron chi connectivity index (χ4n) is 4.54. The predicted molar refractivity (Wildman–Crippen MR) is 98.9 cm³/mol. The highest BCUT2D eigenvalue weighted by Crippen LogP contribution is 2.32. The number of carbonyl (C=O) groups is 1. The first-order valence-corrected chi connectivity index (χ1v) is 10.1. The van der Waals surface area contributed by atoms with Crippen molar-refractivity contribution in [2.24, 2.45) is 0 Å². The van der Waals surface area contributed by atoms with Gasteiger partial charge in [-0.05, 0) is 44.7 Å². The quantitative estimate of drug-likeness (QED) is 0.741. The van der Waals surface area contributed by atoms with E-state index in [0.717, 1.165) is 31.4 Å². The summed E-state index contributed by atoms with van der Waals surface area (Å²) < 4.78 is 11.0. The van der Waals surface area contributed by atoms with E-state index in [2.05, 4.69) is 10.1 Å². The molecule has 2 heterocycles. The molecule has 5 nitrogen and oxygen atoms in total. The van der Waals surface area contributed by atoms with Gasteiger partial charge >= 0.3 is 0 Å². The average molecular weight is 356 g/mol. The first kappa shape index (κ1) is 17.4. The molecule has 4 rings (SSSR count). The van der Waals surface area contributed by atoms with Gasteiger partial charge in [-0.2, -0.15) is 0 Å². The molecule has 2 aliphatic rings. The van der Waals surface area contributed by atoms with Gasteiger partial charge in [0.25, 0.3) is 5.91 Å². The van der Waals surface area contributed by atoms with Crippen molar-refractivity contribution in [2.75, 3.05) is 0 Å². The minimum atomic E-state index is 0.0297. The maximum atomic E-state index is 13.4. The van der Waals surface area contributed by atoms with Gasteiger partial charge in [-0.25, -0.2) is 0 Å². The van der Waals surface area contributed by atoms with E-state index in [9.17, 15) is 4.79 Å². The van der Waals surface area contributed by atoms with E-state index in [-0.39, 0.29) is 5.91 Å². The van der Waals surface area contributed by atoms with Crippen molar-refractivity contribution in [2.45, 2.75) is 83.2 Å². The molecular weight excluding hydrogens is 328 g/mol. The second-order valence-corrected chi connectivity index (χ2v) is 7.78. The molecule has 26 heavy (non-hydrogen) atoms. The van der Waals surface area contributed by atoms with E-state index in [1.807, 2.05) is 19.1 Å². The van der Waals surface area contributed by atoms with Crippen LogP contribution in [0.25, 0.3) is 11.5 Å². The molecule has 0 spiro atoms. The summed E-state index contributed by atoms with van der Waals surface area (Å²) in [5.41, 5.74) is 0.408. The number of furan rings is 1. The standard InChI is InChI=1S/C21H28N2O3/c1-15-12-13-19(25-15)20-14-18(22-26-20)21(24)23(16-8-4-2-5-9-16)17-10-6-3-7-11-17/h12-14,16-17H,2-11H2,1H3. The van der Waals surface area contributed by atoms with E-state index >= 15 is 0 Å². The Balaban J connectivity index is 1.58. The third-order valence-electron chi connectivity index (χ3n) is 5.88. The number of aryl methyl sites for hydroxylation is 1. The van der Waals surface area contributed by atoms with Gasteiger partial charge in [0.15, 0.2) is 11.5 Å². The van der Waals surface area contributed by atoms with E-state index in [0.29, 0.717) is 29.3 Å². The molecule has 0 saturated heterocycles. The van der Waals surface area contributed by atoms with Crippen molar-refractivity contribution in [3.63, 3.8) is 0 Å². The molecule has 1 amide bonds. The predicted octanol–water partition coefficient (Wildman–Crippen LogP) is 5.35. The largest absolute Gasteiger partial charge is 0.458 e. The molecule has 140 valence electrons. The fraction of sp³-hybridized carbons (Fsp3) is 0.619. The topological polar surface area (TPSA) is 59.5 Å². The first-order chi connectivity index (χ1) is 12.7. The summed E-state index contributed by atoms with van der Waals surface area (Å²) in [6.07, 6.45) is 11.9. The van der Waals surface area contributed by atoms with Gasteiger partial charge in [-0.3, -0.25) is 4.79 Å². The van der Waals surface area contributed by atoms with Crippen molar-refractivity contribution in [3.05, 3.63) is 29.7 Å². The lowest BCUT2D eigenvalue weighted by atomic mass is 9.88. The molecule has 0 N–H and O–H groups in total. The van der Waals surface area contributed by atoms with Crippen LogP contribution in [0.5, 0.6) is 0 Å². The number of nitrogens with zero attached hydrogens (tertiary/aromatic N) is 2. The Bertz CT molecular complexity index is 718. The van der Waals surface area contributed by atoms with Crippen molar-refractivity contribution in [1.29, 1.82) is 0 Å². The summed E-state index contributed by atoms with van der Waals surface area (Å²) in [5.74, 6) is 1.99. The third kappa shape index (κ3) is 3.57. The SMILES string of the molecule is Cc1ccc(-c2cc(C(=O)N(C3CCCCC3)C3CCCCC3)no2)o1. The van der Waals surface area contributed by atoms with E-state index in [1.165, 1.54) is 38.5 Å². The van der Waals surface area contributed by atoms with Crippen molar-refractivity contribution in [1.82, 2.24) is 10.1 Å². The summed E-state index contributed by atoms with van der Waals surface area (Å²) in [7, 11) is 0. The number of carbonyl (C=O) groups excluding carboxylic acids is 1. The first-order valence-electron chi connectivity index (χ1n) is 10.1. The number of amides is 1. The summed E-state index contributed by atoms with van der Waals surface area (Å²) in [6, 6.07) is 6.18. The van der Waals surface area contributed by atoms with E-state index in [4.69, 9.17) is 8.94 Å². The maximum Gasteiger partial charge on any atom is 0.276 e. The van der Waals surface area contributed by atoms with Crippen LogP contribution in [-0.2, 0) is 0 Å². The highest BCUT2D eigenvalue weighted by molar-refractivity contribution is 5.93. The van der Waals surface area contributed by atoms with E-state index in [1.54, 1.807) is 6.07 Å². The van der Waals surface area contributed by atoms with Crippen LogP contribution in [0.3, 0.4) is 0 Å². The Hall–Kier alpha value is -2.04. The zero-order valence-corrected chi connectivity index (χ0v) is 15.6. The van der Waals surface area contributed by atoms with Crippen LogP contribution >= 0.6 is 0 Å². The Morgan fingerprint density at radius 2 is 1.58 bits per heavy atom. The molecule has 5 heteroatoms. The third-order valence-corrected chi connectivity index (χ3v) is 5.88. The number of hydrogen-bond acceptors (Lipinski definition) is 4. The lowest BCUT2D eigenvalue weighted by Crippen LogP contribution is -2.48. The summed E-state index contributed by atoms with van der Waals surface area (Å²) >= 11 is 0. The molecule has 2 fully saturated rings. The lowest BCUT2D eigenvalue weighted by Gasteiger charge is -2.41. The Morgan fingerprint density at radius 3 is 2.12 bits per heavy atom. The number of rotatable bonds is 4. The molecule has 2 aromatic heterocycles. The molecule has 0 bridgehead atoms. The molecule has 2 saturated carbocycles. The van der Waals surface area contributed by atoms with Crippen LogP contribution in [0.15, 0.2) is 27.1 Å². The van der Waals surface area contributed by atoms with Gasteiger partial charge < -0.3 is 13.8 Å². The molecule has 2 aliphatic carbocycles. The molecule has 0 aliphatic heterocycles. The van der Waals surface area contributed by atoms with Crippen molar-refractivity contribution >= 4 is 5.91 Å². The van der Waals surface area contributed by atoms with Crippen LogP contribution in [0, 0.1) is 6.92 Å². The second kappa shape index (κ2) is 7.68.